The minimum atomic E-state index is -0.793. The SMILES string of the molecule is CCCCO[C@H]1CN(c2ccc(OC3CCN(c4cc(OC)ncc4Cl)CC3C)cc2)[C@@H](CC(=O)O)C1(C)C. The summed E-state index contributed by atoms with van der Waals surface area (Å²) in [5.41, 5.74) is 1.64. The van der Waals surface area contributed by atoms with Crippen molar-refractivity contribution < 1.29 is 24.1 Å². The van der Waals surface area contributed by atoms with Gasteiger partial charge in [-0.15, -0.1) is 0 Å². The Morgan fingerprint density at radius 3 is 2.62 bits per heavy atom. The van der Waals surface area contributed by atoms with E-state index in [2.05, 4.69) is 42.5 Å². The third-order valence-corrected chi connectivity index (χ3v) is 8.55. The van der Waals surface area contributed by atoms with Crippen LogP contribution in [-0.4, -0.2) is 67.7 Å². The van der Waals surface area contributed by atoms with Crippen LogP contribution >= 0.6 is 11.6 Å². The normalized spacial score (nSPS) is 24.6. The Labute approximate surface area is 237 Å². The number of rotatable bonds is 11. The lowest BCUT2D eigenvalue weighted by Gasteiger charge is -2.38. The zero-order valence-corrected chi connectivity index (χ0v) is 24.5. The van der Waals surface area contributed by atoms with Crippen molar-refractivity contribution in [2.24, 2.45) is 11.3 Å². The molecule has 0 radical (unpaired) electrons. The molecule has 1 N–H and O–H groups in total. The average molecular weight is 560 g/mol. The van der Waals surface area contributed by atoms with Gasteiger partial charge in [0.05, 0.1) is 36.5 Å². The number of benzene rings is 1. The predicted octanol–water partition coefficient (Wildman–Crippen LogP) is 5.91. The van der Waals surface area contributed by atoms with Gasteiger partial charge in [0.15, 0.2) is 0 Å². The first-order valence-electron chi connectivity index (χ1n) is 13.9. The summed E-state index contributed by atoms with van der Waals surface area (Å²) in [6.45, 7) is 11.6. The molecule has 1 aromatic heterocycles. The molecule has 9 heteroatoms. The van der Waals surface area contributed by atoms with Crippen LogP contribution in [0.2, 0.25) is 5.02 Å². The number of carboxylic acids is 1. The Morgan fingerprint density at radius 2 is 1.97 bits per heavy atom. The lowest BCUT2D eigenvalue weighted by Crippen LogP contribution is -2.44. The molecule has 2 aliphatic rings. The Morgan fingerprint density at radius 1 is 1.23 bits per heavy atom. The monoisotopic (exact) mass is 559 g/mol. The highest BCUT2D eigenvalue weighted by Crippen LogP contribution is 2.43. The molecule has 2 fully saturated rings. The number of anilines is 2. The van der Waals surface area contributed by atoms with Crippen LogP contribution < -0.4 is 19.3 Å². The van der Waals surface area contributed by atoms with Gasteiger partial charge in [-0.1, -0.05) is 45.7 Å². The summed E-state index contributed by atoms with van der Waals surface area (Å²) < 4.78 is 17.9. The number of ether oxygens (including phenoxy) is 3. The zero-order valence-electron chi connectivity index (χ0n) is 23.7. The minimum absolute atomic E-state index is 0.0239. The third-order valence-electron chi connectivity index (χ3n) is 8.25. The minimum Gasteiger partial charge on any atom is -0.490 e. The lowest BCUT2D eigenvalue weighted by atomic mass is 9.81. The molecular weight excluding hydrogens is 518 g/mol. The first kappa shape index (κ1) is 29.3. The van der Waals surface area contributed by atoms with Crippen LogP contribution in [0.5, 0.6) is 11.6 Å². The molecule has 2 aliphatic heterocycles. The van der Waals surface area contributed by atoms with Gasteiger partial charge in [-0.3, -0.25) is 4.79 Å². The maximum atomic E-state index is 11.7. The van der Waals surface area contributed by atoms with E-state index in [0.29, 0.717) is 24.1 Å². The van der Waals surface area contributed by atoms with Gasteiger partial charge < -0.3 is 29.1 Å². The van der Waals surface area contributed by atoms with Gasteiger partial charge in [0.25, 0.3) is 0 Å². The summed E-state index contributed by atoms with van der Waals surface area (Å²) >= 11 is 6.43. The molecule has 0 spiro atoms. The number of methoxy groups -OCH3 is 1. The van der Waals surface area contributed by atoms with Crippen LogP contribution in [0.25, 0.3) is 0 Å². The molecule has 2 aromatic rings. The zero-order chi connectivity index (χ0) is 28.2. The fraction of sp³-hybridized carbons (Fsp3) is 0.600. The summed E-state index contributed by atoms with van der Waals surface area (Å²) in [5.74, 6) is 0.857. The number of halogens is 1. The number of piperidine rings is 1. The highest BCUT2D eigenvalue weighted by atomic mass is 35.5. The molecule has 4 rings (SSSR count). The van der Waals surface area contributed by atoms with E-state index in [0.717, 1.165) is 49.5 Å². The van der Waals surface area contributed by atoms with Gasteiger partial charge in [-0.25, -0.2) is 4.98 Å². The van der Waals surface area contributed by atoms with Crippen molar-refractivity contribution in [2.75, 3.05) is 43.2 Å². The maximum absolute atomic E-state index is 11.7. The second-order valence-electron chi connectivity index (χ2n) is 11.3. The van der Waals surface area contributed by atoms with Crippen molar-refractivity contribution in [1.82, 2.24) is 4.98 Å². The quantitative estimate of drug-likeness (QED) is 0.340. The van der Waals surface area contributed by atoms with Crippen LogP contribution in [0.15, 0.2) is 36.5 Å². The van der Waals surface area contributed by atoms with Gasteiger partial charge in [0.2, 0.25) is 5.88 Å². The largest absolute Gasteiger partial charge is 0.490 e. The molecule has 0 bridgehead atoms. The first-order valence-corrected chi connectivity index (χ1v) is 14.3. The van der Waals surface area contributed by atoms with E-state index >= 15 is 0 Å². The molecule has 2 saturated heterocycles. The summed E-state index contributed by atoms with van der Waals surface area (Å²) in [4.78, 5) is 20.4. The van der Waals surface area contributed by atoms with Crippen molar-refractivity contribution in [1.29, 1.82) is 0 Å². The molecule has 4 atom stereocenters. The Bertz CT molecular complexity index is 1110. The summed E-state index contributed by atoms with van der Waals surface area (Å²) in [5, 5.41) is 10.3. The van der Waals surface area contributed by atoms with Gasteiger partial charge in [-0.2, -0.15) is 0 Å². The number of pyridine rings is 1. The molecule has 8 nitrogen and oxygen atoms in total. The molecule has 0 amide bonds. The number of nitrogens with zero attached hydrogens (tertiary/aromatic N) is 3. The van der Waals surface area contributed by atoms with Crippen LogP contribution in [0.3, 0.4) is 0 Å². The van der Waals surface area contributed by atoms with Crippen molar-refractivity contribution in [3.8, 4) is 11.6 Å². The van der Waals surface area contributed by atoms with Crippen LogP contribution in [0.1, 0.15) is 53.4 Å². The molecule has 0 aliphatic carbocycles. The maximum Gasteiger partial charge on any atom is 0.305 e. The van der Waals surface area contributed by atoms with E-state index < -0.39 is 5.97 Å². The Balaban J connectivity index is 1.41. The van der Waals surface area contributed by atoms with E-state index in [9.17, 15) is 9.90 Å². The van der Waals surface area contributed by atoms with Gasteiger partial charge in [0, 0.05) is 61.8 Å². The molecule has 1 aromatic carbocycles. The van der Waals surface area contributed by atoms with Crippen LogP contribution in [0.4, 0.5) is 11.4 Å². The first-order chi connectivity index (χ1) is 18.6. The van der Waals surface area contributed by atoms with Gasteiger partial charge in [-0.05, 0) is 30.7 Å². The summed E-state index contributed by atoms with van der Waals surface area (Å²) in [6, 6.07) is 9.79. The van der Waals surface area contributed by atoms with Crippen molar-refractivity contribution in [3.63, 3.8) is 0 Å². The number of aromatic nitrogens is 1. The van der Waals surface area contributed by atoms with Crippen LogP contribution in [0, 0.1) is 11.3 Å². The molecule has 0 saturated carbocycles. The Hall–Kier alpha value is -2.71. The number of hydrogen-bond acceptors (Lipinski definition) is 7. The van der Waals surface area contributed by atoms with Crippen LogP contribution in [-0.2, 0) is 9.53 Å². The highest BCUT2D eigenvalue weighted by molar-refractivity contribution is 6.33. The fourth-order valence-electron chi connectivity index (χ4n) is 5.79. The second-order valence-corrected chi connectivity index (χ2v) is 11.7. The van der Waals surface area contributed by atoms with Crippen molar-refractivity contribution in [2.45, 2.75) is 71.6 Å². The number of hydrogen-bond donors (Lipinski definition) is 1. The van der Waals surface area contributed by atoms with E-state index in [1.807, 2.05) is 30.3 Å². The predicted molar refractivity (Wildman–Crippen MR) is 154 cm³/mol. The molecule has 2 unspecified atom stereocenters. The van der Waals surface area contributed by atoms with E-state index in [4.69, 9.17) is 25.8 Å². The second kappa shape index (κ2) is 12.6. The molecule has 3 heterocycles. The highest BCUT2D eigenvalue weighted by Gasteiger charge is 2.49. The summed E-state index contributed by atoms with van der Waals surface area (Å²) in [7, 11) is 1.60. The number of carbonyl (C=O) groups is 1. The smallest absolute Gasteiger partial charge is 0.305 e. The lowest BCUT2D eigenvalue weighted by molar-refractivity contribution is -0.138. The van der Waals surface area contributed by atoms with Crippen molar-refractivity contribution >= 4 is 28.9 Å². The number of unbranched alkanes of at least 4 members (excludes halogenated alkanes) is 1. The van der Waals surface area contributed by atoms with Gasteiger partial charge in [0.1, 0.15) is 11.9 Å². The van der Waals surface area contributed by atoms with Crippen molar-refractivity contribution in [3.05, 3.63) is 41.6 Å². The third kappa shape index (κ3) is 6.72. The fourth-order valence-corrected chi connectivity index (χ4v) is 6.01. The standard InChI is InChI=1S/C30H42ClN3O5/c1-6-7-14-38-27-19-34(26(16-29(35)36)30(27,3)4)21-8-10-22(11-9-21)39-25-12-13-33(18-20(25)2)24-15-28(37-5)32-17-23(24)31/h8-11,15,17,20,25-27H,6-7,12-14,16,18-19H2,1-5H3,(H,35,36)/t20?,25?,26-,27-/m0/s1. The average Bonchev–Trinajstić information content (AvgIpc) is 3.15. The topological polar surface area (TPSA) is 84.4 Å². The number of aliphatic carboxylic acids is 1. The Kier molecular flexibility index (Phi) is 9.49. The van der Waals surface area contributed by atoms with E-state index in [1.165, 1.54) is 0 Å². The summed E-state index contributed by atoms with van der Waals surface area (Å²) in [6.07, 6.45) is 4.70. The molecule has 214 valence electrons. The van der Waals surface area contributed by atoms with Gasteiger partial charge >= 0.3 is 5.97 Å². The number of carboxylic acid groups (broad SMARTS) is 1. The van der Waals surface area contributed by atoms with E-state index in [-0.39, 0.29) is 36.0 Å². The molecular formula is C30H42ClN3O5. The molecule has 39 heavy (non-hydrogen) atoms. The van der Waals surface area contributed by atoms with E-state index in [1.54, 1.807) is 13.3 Å².